The predicted octanol–water partition coefficient (Wildman–Crippen LogP) is 4.08. The number of hydrogen-bond acceptors (Lipinski definition) is 2. The molecule has 110 valence electrons. The summed E-state index contributed by atoms with van der Waals surface area (Å²) in [4.78, 5) is 2.22. The average Bonchev–Trinajstić information content (AvgIpc) is 2.53. The Morgan fingerprint density at radius 2 is 2.19 bits per heavy atom. The van der Waals surface area contributed by atoms with Gasteiger partial charge in [0.1, 0.15) is 0 Å². The zero-order valence-electron chi connectivity index (χ0n) is 12.2. The zero-order chi connectivity index (χ0) is 15.1. The summed E-state index contributed by atoms with van der Waals surface area (Å²) in [5.41, 5.74) is 1.50. The number of nitrogens with one attached hydrogen (secondary N) is 1. The molecular weight excluding hydrogens is 278 g/mol. The molecule has 0 atom stereocenters. The molecule has 0 radical (unpaired) electrons. The molecule has 1 saturated carbocycles. The lowest BCUT2D eigenvalue weighted by Crippen LogP contribution is -2.43. The van der Waals surface area contributed by atoms with Crippen LogP contribution in [0.1, 0.15) is 37.7 Å². The van der Waals surface area contributed by atoms with Crippen LogP contribution in [0.4, 0.5) is 5.69 Å². The summed E-state index contributed by atoms with van der Waals surface area (Å²) in [6.07, 6.45) is 8.13. The second-order valence-electron chi connectivity index (χ2n) is 5.36. The molecule has 3 nitrogen and oxygen atoms in total. The average molecular weight is 299 g/mol. The van der Waals surface area contributed by atoms with E-state index in [9.17, 15) is 0 Å². The van der Waals surface area contributed by atoms with E-state index in [1.165, 1.54) is 32.1 Å². The summed E-state index contributed by atoms with van der Waals surface area (Å²) < 4.78 is 0. The van der Waals surface area contributed by atoms with Crippen molar-refractivity contribution >= 4 is 23.0 Å². The van der Waals surface area contributed by atoms with Gasteiger partial charge in [0.25, 0.3) is 0 Å². The molecule has 1 aromatic carbocycles. The van der Waals surface area contributed by atoms with E-state index < -0.39 is 0 Å². The van der Waals surface area contributed by atoms with Crippen LogP contribution in [0.25, 0.3) is 0 Å². The first-order chi connectivity index (χ1) is 10.2. The molecule has 1 fully saturated rings. The molecule has 0 aliphatic heterocycles. The van der Waals surface area contributed by atoms with Crippen LogP contribution in [-0.2, 0) is 0 Å². The second-order valence-corrected chi connectivity index (χ2v) is 5.74. The van der Waals surface area contributed by atoms with Crippen LogP contribution in [0.5, 0.6) is 0 Å². The van der Waals surface area contributed by atoms with E-state index in [1.54, 1.807) is 6.07 Å². The van der Waals surface area contributed by atoms with Crippen molar-refractivity contribution < 1.29 is 0 Å². The van der Waals surface area contributed by atoms with E-state index in [-0.39, 0.29) is 0 Å². The van der Waals surface area contributed by atoms with Crippen LogP contribution in [-0.4, -0.2) is 22.6 Å². The third-order valence-electron chi connectivity index (χ3n) is 3.85. The van der Waals surface area contributed by atoms with Gasteiger partial charge in [-0.25, -0.2) is 0 Å². The first-order valence-corrected chi connectivity index (χ1v) is 7.84. The third-order valence-corrected chi connectivity index (χ3v) is 4.18. The summed E-state index contributed by atoms with van der Waals surface area (Å²) >= 11 is 5.57. The number of rotatable bonds is 4. The molecule has 21 heavy (non-hydrogen) atoms. The van der Waals surface area contributed by atoms with Crippen LogP contribution in [0.3, 0.4) is 0 Å². The Bertz CT molecular complexity index is 541. The number of anilines is 1. The second kappa shape index (κ2) is 7.80. The fourth-order valence-corrected chi connectivity index (χ4v) is 3.13. The summed E-state index contributed by atoms with van der Waals surface area (Å²) in [6, 6.07) is 10.0. The van der Waals surface area contributed by atoms with Crippen LogP contribution in [0.15, 0.2) is 36.9 Å². The van der Waals surface area contributed by atoms with Gasteiger partial charge in [0.15, 0.2) is 5.11 Å². The van der Waals surface area contributed by atoms with Gasteiger partial charge in [0.05, 0.1) is 11.6 Å². The van der Waals surface area contributed by atoms with E-state index in [0.717, 1.165) is 17.3 Å². The van der Waals surface area contributed by atoms with E-state index >= 15 is 0 Å². The van der Waals surface area contributed by atoms with E-state index in [1.807, 2.05) is 24.3 Å². The summed E-state index contributed by atoms with van der Waals surface area (Å²) in [5, 5.41) is 12.9. The quantitative estimate of drug-likeness (QED) is 0.672. The van der Waals surface area contributed by atoms with Crippen LogP contribution < -0.4 is 5.32 Å². The lowest BCUT2D eigenvalue weighted by Gasteiger charge is -2.35. The smallest absolute Gasteiger partial charge is 0.173 e. The molecule has 0 aromatic heterocycles. The molecule has 1 aliphatic carbocycles. The first-order valence-electron chi connectivity index (χ1n) is 7.43. The third kappa shape index (κ3) is 4.30. The predicted molar refractivity (Wildman–Crippen MR) is 91.2 cm³/mol. The topological polar surface area (TPSA) is 39.1 Å². The van der Waals surface area contributed by atoms with Crippen LogP contribution in [0.2, 0.25) is 0 Å². The minimum atomic E-state index is 0.496. The normalized spacial score (nSPS) is 15.0. The van der Waals surface area contributed by atoms with Gasteiger partial charge in [0.2, 0.25) is 0 Å². The van der Waals surface area contributed by atoms with E-state index in [2.05, 4.69) is 22.9 Å². The molecule has 0 saturated heterocycles. The van der Waals surface area contributed by atoms with Crippen molar-refractivity contribution in [3.8, 4) is 6.07 Å². The highest BCUT2D eigenvalue weighted by molar-refractivity contribution is 7.80. The largest absolute Gasteiger partial charge is 0.342 e. The molecule has 0 spiro atoms. The minimum absolute atomic E-state index is 0.496. The van der Waals surface area contributed by atoms with Crippen molar-refractivity contribution in [3.63, 3.8) is 0 Å². The molecule has 0 amide bonds. The standard InChI is InChI=1S/C17H21N3S/c1-2-11-20(16-9-4-3-5-10-16)17(21)19-15-8-6-7-14(12-15)13-18/h2,6-8,12,16H,1,3-5,9-11H2,(H,19,21). The monoisotopic (exact) mass is 299 g/mol. The highest BCUT2D eigenvalue weighted by atomic mass is 32.1. The maximum absolute atomic E-state index is 8.96. The molecule has 2 rings (SSSR count). The Labute approximate surface area is 132 Å². The number of benzene rings is 1. The maximum Gasteiger partial charge on any atom is 0.173 e. The number of thiocarbonyl (C=S) groups is 1. The fourth-order valence-electron chi connectivity index (χ4n) is 2.79. The number of nitrogens with zero attached hydrogens (tertiary/aromatic N) is 2. The molecule has 1 aromatic rings. The van der Waals surface area contributed by atoms with Gasteiger partial charge in [-0.2, -0.15) is 5.26 Å². The minimum Gasteiger partial charge on any atom is -0.342 e. The lowest BCUT2D eigenvalue weighted by atomic mass is 9.94. The fraction of sp³-hybridized carbons (Fsp3) is 0.412. The van der Waals surface area contributed by atoms with Gasteiger partial charge in [-0.3, -0.25) is 0 Å². The summed E-state index contributed by atoms with van der Waals surface area (Å²) in [5.74, 6) is 0. The van der Waals surface area contributed by atoms with Crippen molar-refractivity contribution in [2.24, 2.45) is 0 Å². The van der Waals surface area contributed by atoms with Gasteiger partial charge in [0, 0.05) is 18.3 Å². The van der Waals surface area contributed by atoms with Crippen molar-refractivity contribution in [2.75, 3.05) is 11.9 Å². The molecule has 0 heterocycles. The Morgan fingerprint density at radius 3 is 2.86 bits per heavy atom. The highest BCUT2D eigenvalue weighted by Gasteiger charge is 2.22. The van der Waals surface area contributed by atoms with Crippen LogP contribution >= 0.6 is 12.2 Å². The Hall–Kier alpha value is -1.86. The molecular formula is C17H21N3S. The van der Waals surface area contributed by atoms with E-state index in [0.29, 0.717) is 11.6 Å². The van der Waals surface area contributed by atoms with Crippen LogP contribution in [0, 0.1) is 11.3 Å². The molecule has 0 bridgehead atoms. The van der Waals surface area contributed by atoms with E-state index in [4.69, 9.17) is 17.5 Å². The molecule has 4 heteroatoms. The van der Waals surface area contributed by atoms with Gasteiger partial charge in [-0.15, -0.1) is 6.58 Å². The van der Waals surface area contributed by atoms with Crippen molar-refractivity contribution in [3.05, 3.63) is 42.5 Å². The Kier molecular flexibility index (Phi) is 5.77. The summed E-state index contributed by atoms with van der Waals surface area (Å²) in [6.45, 7) is 4.60. The number of hydrogen-bond donors (Lipinski definition) is 1. The molecule has 1 aliphatic rings. The zero-order valence-corrected chi connectivity index (χ0v) is 13.0. The highest BCUT2D eigenvalue weighted by Crippen LogP contribution is 2.23. The van der Waals surface area contributed by atoms with Crippen molar-refractivity contribution in [1.82, 2.24) is 4.90 Å². The Morgan fingerprint density at radius 1 is 1.43 bits per heavy atom. The Balaban J connectivity index is 2.07. The molecule has 1 N–H and O–H groups in total. The number of nitriles is 1. The van der Waals surface area contributed by atoms with Gasteiger partial charge >= 0.3 is 0 Å². The van der Waals surface area contributed by atoms with Crippen molar-refractivity contribution in [1.29, 1.82) is 5.26 Å². The van der Waals surface area contributed by atoms with Gasteiger partial charge < -0.3 is 10.2 Å². The first kappa shape index (κ1) is 15.5. The lowest BCUT2D eigenvalue weighted by molar-refractivity contribution is 0.263. The van der Waals surface area contributed by atoms with Crippen molar-refractivity contribution in [2.45, 2.75) is 38.1 Å². The van der Waals surface area contributed by atoms with Gasteiger partial charge in [-0.05, 0) is 43.3 Å². The molecule has 0 unspecified atom stereocenters. The van der Waals surface area contributed by atoms with Gasteiger partial charge in [-0.1, -0.05) is 31.4 Å². The SMILES string of the molecule is C=CCN(C(=S)Nc1cccc(C#N)c1)C1CCCCC1. The summed E-state index contributed by atoms with van der Waals surface area (Å²) in [7, 11) is 0. The maximum atomic E-state index is 8.96.